The standard InChI is InChI=1S/C31H43NO3/c1-5-6-7-9-23-19-27(34-29(33)11-8-10-22-13-15-24(32)16-14-22)30-25-18-21(2)12-17-26(25)31(3,4)35-28(30)20-23/h13-16,18-20,25-26,29,33H,5-12,17,32H2,1-4H3. The van der Waals surface area contributed by atoms with Gasteiger partial charge in [0.2, 0.25) is 0 Å². The Hall–Kier alpha value is -2.46. The molecule has 0 radical (unpaired) electrons. The van der Waals surface area contributed by atoms with E-state index >= 15 is 0 Å². The highest BCUT2D eigenvalue weighted by Gasteiger charge is 2.45. The summed E-state index contributed by atoms with van der Waals surface area (Å²) in [7, 11) is 0. The molecule has 0 aromatic heterocycles. The third kappa shape index (κ3) is 6.22. The van der Waals surface area contributed by atoms with E-state index in [0.717, 1.165) is 61.3 Å². The van der Waals surface area contributed by atoms with Crippen molar-refractivity contribution in [2.45, 2.75) is 103 Å². The topological polar surface area (TPSA) is 64.7 Å². The SMILES string of the molecule is CCCCCc1cc(OC(O)CCCc2ccc(N)cc2)c2c(c1)OC(C)(C)C1CCC(C)=CC21. The van der Waals surface area contributed by atoms with E-state index in [9.17, 15) is 5.11 Å². The predicted molar refractivity (Wildman–Crippen MR) is 144 cm³/mol. The number of nitrogen functional groups attached to an aromatic ring is 1. The second-order valence-corrected chi connectivity index (χ2v) is 11.1. The second-order valence-electron chi connectivity index (χ2n) is 11.1. The summed E-state index contributed by atoms with van der Waals surface area (Å²) in [6.45, 7) is 8.90. The zero-order valence-corrected chi connectivity index (χ0v) is 22.0. The number of ether oxygens (including phenoxy) is 2. The number of fused-ring (bicyclic) bond motifs is 3. The van der Waals surface area contributed by atoms with Crippen molar-refractivity contribution in [3.8, 4) is 11.5 Å². The largest absolute Gasteiger partial charge is 0.487 e. The Morgan fingerprint density at radius 3 is 2.57 bits per heavy atom. The van der Waals surface area contributed by atoms with Crippen LogP contribution in [0.1, 0.15) is 95.2 Å². The van der Waals surface area contributed by atoms with Gasteiger partial charge in [-0.2, -0.15) is 0 Å². The molecule has 4 nitrogen and oxygen atoms in total. The van der Waals surface area contributed by atoms with Crippen molar-refractivity contribution in [1.29, 1.82) is 0 Å². The van der Waals surface area contributed by atoms with Gasteiger partial charge in [-0.05, 0) is 94.7 Å². The van der Waals surface area contributed by atoms with Crippen LogP contribution in [0, 0.1) is 5.92 Å². The molecule has 0 saturated carbocycles. The minimum absolute atomic E-state index is 0.230. The maximum absolute atomic E-state index is 10.9. The monoisotopic (exact) mass is 477 g/mol. The Labute approximate surface area is 211 Å². The first kappa shape index (κ1) is 25.6. The van der Waals surface area contributed by atoms with Crippen LogP contribution in [0.5, 0.6) is 11.5 Å². The summed E-state index contributed by atoms with van der Waals surface area (Å²) < 4.78 is 12.9. The van der Waals surface area contributed by atoms with Crippen LogP contribution < -0.4 is 15.2 Å². The average Bonchev–Trinajstić information content (AvgIpc) is 2.79. The van der Waals surface area contributed by atoms with Gasteiger partial charge >= 0.3 is 0 Å². The number of aliphatic hydroxyl groups is 1. The number of anilines is 1. The number of allylic oxidation sites excluding steroid dienone is 2. The lowest BCUT2D eigenvalue weighted by Gasteiger charge is -2.47. The van der Waals surface area contributed by atoms with Gasteiger partial charge in [-0.15, -0.1) is 0 Å². The van der Waals surface area contributed by atoms with Crippen molar-refractivity contribution in [2.75, 3.05) is 5.73 Å². The summed E-state index contributed by atoms with van der Waals surface area (Å²) in [5, 5.41) is 10.9. The summed E-state index contributed by atoms with van der Waals surface area (Å²) in [6, 6.07) is 12.3. The van der Waals surface area contributed by atoms with Crippen molar-refractivity contribution < 1.29 is 14.6 Å². The lowest BCUT2D eigenvalue weighted by molar-refractivity contribution is -0.0290. The summed E-state index contributed by atoms with van der Waals surface area (Å²) in [4.78, 5) is 0. The number of unbranched alkanes of at least 4 members (excludes halogenated alkanes) is 2. The Balaban J connectivity index is 1.56. The zero-order chi connectivity index (χ0) is 25.0. The van der Waals surface area contributed by atoms with E-state index in [-0.39, 0.29) is 11.5 Å². The highest BCUT2D eigenvalue weighted by atomic mass is 16.6. The van der Waals surface area contributed by atoms with E-state index in [1.807, 2.05) is 12.1 Å². The lowest BCUT2D eigenvalue weighted by Crippen LogP contribution is -2.45. The fourth-order valence-corrected chi connectivity index (χ4v) is 5.75. The van der Waals surface area contributed by atoms with E-state index in [1.165, 1.54) is 29.5 Å². The molecule has 0 saturated heterocycles. The van der Waals surface area contributed by atoms with Crippen LogP contribution in [0.2, 0.25) is 0 Å². The highest BCUT2D eigenvalue weighted by Crippen LogP contribution is 2.54. The predicted octanol–water partition coefficient (Wildman–Crippen LogP) is 7.33. The van der Waals surface area contributed by atoms with Gasteiger partial charge in [0, 0.05) is 29.5 Å². The molecule has 0 bridgehead atoms. The Morgan fingerprint density at radius 1 is 1.09 bits per heavy atom. The summed E-state index contributed by atoms with van der Waals surface area (Å²) in [5.74, 6) is 2.38. The summed E-state index contributed by atoms with van der Waals surface area (Å²) in [6.07, 6.45) is 10.6. The number of hydrogen-bond donors (Lipinski definition) is 2. The van der Waals surface area contributed by atoms with Crippen molar-refractivity contribution in [3.63, 3.8) is 0 Å². The van der Waals surface area contributed by atoms with Crippen LogP contribution in [-0.4, -0.2) is 17.0 Å². The minimum atomic E-state index is -0.846. The van der Waals surface area contributed by atoms with Crippen LogP contribution >= 0.6 is 0 Å². The molecule has 35 heavy (non-hydrogen) atoms. The number of benzene rings is 2. The average molecular weight is 478 g/mol. The molecule has 1 heterocycles. The third-order valence-electron chi connectivity index (χ3n) is 7.74. The van der Waals surface area contributed by atoms with Gasteiger partial charge in [0.05, 0.1) is 0 Å². The molecule has 2 aromatic carbocycles. The molecule has 1 aliphatic heterocycles. The van der Waals surface area contributed by atoms with Crippen molar-refractivity contribution in [2.24, 2.45) is 5.92 Å². The lowest BCUT2D eigenvalue weighted by atomic mass is 9.68. The first-order valence-corrected chi connectivity index (χ1v) is 13.5. The Kier molecular flexibility index (Phi) is 8.11. The van der Waals surface area contributed by atoms with Gasteiger partial charge in [-0.25, -0.2) is 0 Å². The van der Waals surface area contributed by atoms with Crippen LogP contribution in [0.25, 0.3) is 0 Å². The normalized spacial score (nSPS) is 21.3. The van der Waals surface area contributed by atoms with Gasteiger partial charge in [0.1, 0.15) is 17.1 Å². The summed E-state index contributed by atoms with van der Waals surface area (Å²) >= 11 is 0. The first-order chi connectivity index (χ1) is 16.8. The van der Waals surface area contributed by atoms with Gasteiger partial charge in [0.25, 0.3) is 0 Å². The molecule has 0 amide bonds. The molecule has 0 fully saturated rings. The number of aliphatic hydroxyl groups excluding tert-OH is 1. The molecular weight excluding hydrogens is 434 g/mol. The van der Waals surface area contributed by atoms with Gasteiger partial charge in [-0.1, -0.05) is 43.5 Å². The quantitative estimate of drug-likeness (QED) is 0.163. The molecular formula is C31H43NO3. The smallest absolute Gasteiger partial charge is 0.197 e. The van der Waals surface area contributed by atoms with E-state index in [2.05, 4.69) is 58.0 Å². The Morgan fingerprint density at radius 2 is 1.83 bits per heavy atom. The maximum Gasteiger partial charge on any atom is 0.197 e. The van der Waals surface area contributed by atoms with Crippen LogP contribution in [-0.2, 0) is 12.8 Å². The molecule has 3 N–H and O–H groups in total. The van der Waals surface area contributed by atoms with Crippen LogP contribution in [0.4, 0.5) is 5.69 Å². The highest BCUT2D eigenvalue weighted by molar-refractivity contribution is 5.54. The van der Waals surface area contributed by atoms with E-state index in [4.69, 9.17) is 15.2 Å². The van der Waals surface area contributed by atoms with Gasteiger partial charge in [-0.3, -0.25) is 0 Å². The van der Waals surface area contributed by atoms with Crippen molar-refractivity contribution in [3.05, 3.63) is 64.7 Å². The minimum Gasteiger partial charge on any atom is -0.487 e. The molecule has 1 aliphatic carbocycles. The fourth-order valence-electron chi connectivity index (χ4n) is 5.75. The number of hydrogen-bond acceptors (Lipinski definition) is 4. The van der Waals surface area contributed by atoms with Crippen LogP contribution in [0.15, 0.2) is 48.0 Å². The molecule has 2 aliphatic rings. The maximum atomic E-state index is 10.9. The molecule has 190 valence electrons. The van der Waals surface area contributed by atoms with E-state index in [0.29, 0.717) is 12.3 Å². The van der Waals surface area contributed by atoms with Gasteiger partial charge in [0.15, 0.2) is 6.29 Å². The molecule has 4 rings (SSSR count). The van der Waals surface area contributed by atoms with Crippen LogP contribution in [0.3, 0.4) is 0 Å². The van der Waals surface area contributed by atoms with E-state index < -0.39 is 6.29 Å². The number of aryl methyl sites for hydroxylation is 2. The molecule has 4 heteroatoms. The Bertz CT molecular complexity index is 1020. The van der Waals surface area contributed by atoms with Crippen molar-refractivity contribution in [1.82, 2.24) is 0 Å². The molecule has 0 spiro atoms. The second kappa shape index (κ2) is 11.1. The first-order valence-electron chi connectivity index (χ1n) is 13.5. The zero-order valence-electron chi connectivity index (χ0n) is 22.0. The summed E-state index contributed by atoms with van der Waals surface area (Å²) in [5.41, 5.74) is 11.3. The number of rotatable bonds is 10. The van der Waals surface area contributed by atoms with Crippen molar-refractivity contribution >= 4 is 5.69 Å². The third-order valence-corrected chi connectivity index (χ3v) is 7.74. The van der Waals surface area contributed by atoms with E-state index in [1.54, 1.807) is 0 Å². The number of nitrogens with two attached hydrogens (primary N) is 1. The van der Waals surface area contributed by atoms with Gasteiger partial charge < -0.3 is 20.3 Å². The molecule has 3 unspecified atom stereocenters. The molecule has 3 atom stereocenters. The fraction of sp³-hybridized carbons (Fsp3) is 0.548. The molecule has 2 aromatic rings.